The fourth-order valence-electron chi connectivity index (χ4n) is 3.27. The molecule has 2 aromatic carbocycles. The highest BCUT2D eigenvalue weighted by Crippen LogP contribution is 2.29. The van der Waals surface area contributed by atoms with Gasteiger partial charge in [0.25, 0.3) is 0 Å². The zero-order chi connectivity index (χ0) is 20.4. The van der Waals surface area contributed by atoms with Gasteiger partial charge in [0.05, 0.1) is 24.5 Å². The first-order chi connectivity index (χ1) is 14.0. The average molecular weight is 389 g/mol. The summed E-state index contributed by atoms with van der Waals surface area (Å²) in [6, 6.07) is 15.8. The number of aromatic carboxylic acids is 1. The highest BCUT2D eigenvalue weighted by molar-refractivity contribution is 5.96. The topological polar surface area (TPSA) is 97.0 Å². The Morgan fingerprint density at radius 1 is 1.17 bits per heavy atom. The molecule has 0 saturated heterocycles. The molecule has 0 amide bonds. The first kappa shape index (κ1) is 18.6. The fraction of sp³-hybridized carbons (Fsp3) is 0.136. The lowest BCUT2D eigenvalue weighted by atomic mass is 9.95. The van der Waals surface area contributed by atoms with E-state index in [2.05, 4.69) is 10.1 Å². The Morgan fingerprint density at radius 2 is 2.03 bits per heavy atom. The molecule has 0 aliphatic carbocycles. The molecule has 0 spiro atoms. The number of ether oxygens (including phenoxy) is 1. The molecule has 0 bridgehead atoms. The summed E-state index contributed by atoms with van der Waals surface area (Å²) in [5, 5.41) is 24.8. The molecule has 2 aromatic heterocycles. The summed E-state index contributed by atoms with van der Waals surface area (Å²) in [4.78, 5) is 15.9. The Kier molecular flexibility index (Phi) is 4.97. The molecule has 0 fully saturated rings. The van der Waals surface area contributed by atoms with Gasteiger partial charge in [-0.05, 0) is 41.5 Å². The van der Waals surface area contributed by atoms with Gasteiger partial charge in [-0.15, -0.1) is 0 Å². The lowest BCUT2D eigenvalue weighted by molar-refractivity contribution is 0.0697. The molecule has 7 nitrogen and oxygen atoms in total. The molecule has 4 rings (SSSR count). The number of carboxylic acids is 1. The molecule has 1 atom stereocenters. The molecule has 146 valence electrons. The van der Waals surface area contributed by atoms with E-state index in [0.29, 0.717) is 34.6 Å². The Balaban J connectivity index is 1.71. The van der Waals surface area contributed by atoms with Gasteiger partial charge in [-0.3, -0.25) is 0 Å². The number of aliphatic hydroxyl groups is 1. The van der Waals surface area contributed by atoms with Crippen LogP contribution in [-0.2, 0) is 6.42 Å². The second-order valence-corrected chi connectivity index (χ2v) is 6.63. The van der Waals surface area contributed by atoms with Crippen LogP contribution in [0.4, 0.5) is 0 Å². The van der Waals surface area contributed by atoms with Crippen molar-refractivity contribution in [3.8, 4) is 17.0 Å². The minimum atomic E-state index is -1.06. The van der Waals surface area contributed by atoms with E-state index in [1.165, 1.54) is 6.07 Å². The summed E-state index contributed by atoms with van der Waals surface area (Å²) < 4.78 is 6.81. The molecule has 7 heteroatoms. The number of methoxy groups -OCH3 is 1. The zero-order valence-corrected chi connectivity index (χ0v) is 15.7. The number of carboxylic acid groups (broad SMARTS) is 1. The summed E-state index contributed by atoms with van der Waals surface area (Å²) in [6.45, 7) is 0. The lowest BCUT2D eigenvalue weighted by Crippen LogP contribution is -2.06. The van der Waals surface area contributed by atoms with E-state index in [4.69, 9.17) is 4.74 Å². The molecule has 1 unspecified atom stereocenters. The third-order valence-corrected chi connectivity index (χ3v) is 4.73. The Morgan fingerprint density at radius 3 is 2.79 bits per heavy atom. The normalized spacial score (nSPS) is 12.1. The fourth-order valence-corrected chi connectivity index (χ4v) is 3.27. The number of hydrogen-bond donors (Lipinski definition) is 2. The molecule has 2 N–H and O–H groups in total. The van der Waals surface area contributed by atoms with Gasteiger partial charge >= 0.3 is 5.97 Å². The number of rotatable bonds is 6. The van der Waals surface area contributed by atoms with Crippen LogP contribution in [0.25, 0.3) is 16.9 Å². The van der Waals surface area contributed by atoms with Crippen molar-refractivity contribution in [1.82, 2.24) is 14.6 Å². The smallest absolute Gasteiger partial charge is 0.336 e. The third kappa shape index (κ3) is 3.81. The largest absolute Gasteiger partial charge is 0.497 e. The first-order valence-electron chi connectivity index (χ1n) is 9.04. The summed E-state index contributed by atoms with van der Waals surface area (Å²) >= 11 is 0. The number of hydrogen-bond acceptors (Lipinski definition) is 5. The van der Waals surface area contributed by atoms with E-state index in [1.54, 1.807) is 48.3 Å². The molecule has 2 heterocycles. The van der Waals surface area contributed by atoms with Crippen LogP contribution in [0.15, 0.2) is 67.0 Å². The van der Waals surface area contributed by atoms with Crippen LogP contribution in [0.3, 0.4) is 0 Å². The maximum atomic E-state index is 11.7. The van der Waals surface area contributed by atoms with Gasteiger partial charge in [-0.2, -0.15) is 5.10 Å². The van der Waals surface area contributed by atoms with Crippen molar-refractivity contribution in [3.63, 3.8) is 0 Å². The Labute approximate surface area is 166 Å². The molecule has 4 aromatic rings. The van der Waals surface area contributed by atoms with E-state index >= 15 is 0 Å². The van der Waals surface area contributed by atoms with Crippen LogP contribution in [0, 0.1) is 0 Å². The van der Waals surface area contributed by atoms with Crippen molar-refractivity contribution >= 4 is 11.6 Å². The number of carbonyl (C=O) groups is 1. The van der Waals surface area contributed by atoms with E-state index in [1.807, 2.05) is 24.3 Å². The number of benzene rings is 2. The second-order valence-electron chi connectivity index (χ2n) is 6.63. The highest BCUT2D eigenvalue weighted by atomic mass is 16.5. The van der Waals surface area contributed by atoms with Gasteiger partial charge < -0.3 is 14.9 Å². The predicted molar refractivity (Wildman–Crippen MR) is 107 cm³/mol. The van der Waals surface area contributed by atoms with Crippen molar-refractivity contribution in [2.24, 2.45) is 0 Å². The van der Waals surface area contributed by atoms with Gasteiger partial charge in [0.2, 0.25) is 0 Å². The molecule has 0 saturated carbocycles. The summed E-state index contributed by atoms with van der Waals surface area (Å²) in [5.41, 5.74) is 3.17. The van der Waals surface area contributed by atoms with Gasteiger partial charge in [0.1, 0.15) is 5.75 Å². The van der Waals surface area contributed by atoms with E-state index in [9.17, 15) is 15.0 Å². The molecular formula is C22H19N3O4. The van der Waals surface area contributed by atoms with Crippen LogP contribution in [0.2, 0.25) is 0 Å². The van der Waals surface area contributed by atoms with E-state index < -0.39 is 12.1 Å². The van der Waals surface area contributed by atoms with Gasteiger partial charge in [-0.1, -0.05) is 18.2 Å². The van der Waals surface area contributed by atoms with Crippen molar-refractivity contribution in [2.75, 3.05) is 7.11 Å². The van der Waals surface area contributed by atoms with Crippen LogP contribution in [0.5, 0.6) is 5.75 Å². The Hall–Kier alpha value is -3.71. The van der Waals surface area contributed by atoms with Crippen LogP contribution < -0.4 is 4.74 Å². The number of aliphatic hydroxyl groups excluding tert-OH is 1. The van der Waals surface area contributed by atoms with Crippen molar-refractivity contribution < 1.29 is 19.7 Å². The average Bonchev–Trinajstić information content (AvgIpc) is 3.17. The summed E-state index contributed by atoms with van der Waals surface area (Å²) in [7, 11) is 1.59. The quantitative estimate of drug-likeness (QED) is 0.525. The second kappa shape index (κ2) is 7.73. The SMILES string of the molecule is COc1cccc(CC(O)c2ccc(C(=O)O)c(-c3cc4ncccn4n3)c2)c1. The number of aromatic nitrogens is 3. The standard InChI is InChI=1S/C22H19N3O4/c1-29-16-5-2-4-14(10-16)11-20(26)15-6-7-17(22(27)28)18(12-15)19-13-21-23-8-3-9-25(21)24-19/h2-10,12-13,20,26H,11H2,1H3,(H,27,28). The molecular weight excluding hydrogens is 370 g/mol. The van der Waals surface area contributed by atoms with Gasteiger partial charge in [-0.25, -0.2) is 14.3 Å². The molecule has 0 aliphatic heterocycles. The number of fused-ring (bicyclic) bond motifs is 1. The molecule has 0 radical (unpaired) electrons. The minimum absolute atomic E-state index is 0.116. The van der Waals surface area contributed by atoms with E-state index in [-0.39, 0.29) is 5.56 Å². The van der Waals surface area contributed by atoms with Gasteiger partial charge in [0.15, 0.2) is 5.65 Å². The molecule has 29 heavy (non-hydrogen) atoms. The van der Waals surface area contributed by atoms with Crippen molar-refractivity contribution in [2.45, 2.75) is 12.5 Å². The van der Waals surface area contributed by atoms with Crippen LogP contribution >= 0.6 is 0 Å². The third-order valence-electron chi connectivity index (χ3n) is 4.73. The highest BCUT2D eigenvalue weighted by Gasteiger charge is 2.18. The summed E-state index contributed by atoms with van der Waals surface area (Å²) in [5.74, 6) is -0.340. The number of nitrogens with zero attached hydrogens (tertiary/aromatic N) is 3. The molecule has 0 aliphatic rings. The summed E-state index contributed by atoms with van der Waals surface area (Å²) in [6.07, 6.45) is 2.95. The minimum Gasteiger partial charge on any atom is -0.497 e. The first-order valence-corrected chi connectivity index (χ1v) is 9.04. The predicted octanol–water partition coefficient (Wildman–Crippen LogP) is 3.38. The lowest BCUT2D eigenvalue weighted by Gasteiger charge is -2.14. The maximum Gasteiger partial charge on any atom is 0.336 e. The van der Waals surface area contributed by atoms with Crippen molar-refractivity contribution in [1.29, 1.82) is 0 Å². The Bertz CT molecular complexity index is 1150. The monoisotopic (exact) mass is 389 g/mol. The van der Waals surface area contributed by atoms with Gasteiger partial charge in [0, 0.05) is 30.4 Å². The maximum absolute atomic E-state index is 11.7. The van der Waals surface area contributed by atoms with Crippen molar-refractivity contribution in [3.05, 3.63) is 83.7 Å². The van der Waals surface area contributed by atoms with Crippen LogP contribution in [0.1, 0.15) is 27.6 Å². The zero-order valence-electron chi connectivity index (χ0n) is 15.7. The van der Waals surface area contributed by atoms with E-state index in [0.717, 1.165) is 5.56 Å². The van der Waals surface area contributed by atoms with Crippen LogP contribution in [-0.4, -0.2) is 37.9 Å².